The van der Waals surface area contributed by atoms with E-state index in [1.165, 1.54) is 0 Å². The maximum absolute atomic E-state index is 12.2. The van der Waals surface area contributed by atoms with Crippen molar-refractivity contribution in [2.75, 3.05) is 32.8 Å². The van der Waals surface area contributed by atoms with Gasteiger partial charge in [0.2, 0.25) is 0 Å². The van der Waals surface area contributed by atoms with Crippen LogP contribution in [0.25, 0.3) is 0 Å². The van der Waals surface area contributed by atoms with Crippen LogP contribution in [0, 0.1) is 0 Å². The molecule has 1 saturated heterocycles. The molecule has 23 heavy (non-hydrogen) atoms. The topological polar surface area (TPSA) is 73.8 Å². The summed E-state index contributed by atoms with van der Waals surface area (Å²) in [6, 6.07) is 7.34. The molecule has 3 atom stereocenters. The lowest BCUT2D eigenvalue weighted by atomic mass is 10.1. The van der Waals surface area contributed by atoms with Crippen LogP contribution in [0.5, 0.6) is 0 Å². The quantitative estimate of drug-likeness (QED) is 0.762. The summed E-state index contributed by atoms with van der Waals surface area (Å²) >= 11 is 0. The summed E-state index contributed by atoms with van der Waals surface area (Å²) in [4.78, 5) is 14.5. The van der Waals surface area contributed by atoms with E-state index in [9.17, 15) is 9.90 Å². The van der Waals surface area contributed by atoms with E-state index in [1.807, 2.05) is 31.2 Å². The van der Waals surface area contributed by atoms with Crippen LogP contribution in [-0.2, 0) is 11.2 Å². The molecule has 0 bridgehead atoms. The number of hydrogen-bond donors (Lipinski definition) is 3. The second kappa shape index (κ2) is 7.29. The fourth-order valence-electron chi connectivity index (χ4n) is 3.37. The smallest absolute Gasteiger partial charge is 0.315 e. The Morgan fingerprint density at radius 2 is 2.13 bits per heavy atom. The molecule has 0 aromatic heterocycles. The van der Waals surface area contributed by atoms with Gasteiger partial charge in [-0.15, -0.1) is 0 Å². The Hall–Kier alpha value is -1.63. The van der Waals surface area contributed by atoms with Gasteiger partial charge in [-0.05, 0) is 18.1 Å². The Morgan fingerprint density at radius 3 is 2.91 bits per heavy atom. The molecular formula is C17H25N3O3. The number of carbonyl (C=O) groups excluding carboxylic acids is 1. The van der Waals surface area contributed by atoms with Crippen molar-refractivity contribution in [1.29, 1.82) is 0 Å². The summed E-state index contributed by atoms with van der Waals surface area (Å²) in [5.41, 5.74) is 2.11. The van der Waals surface area contributed by atoms with Crippen molar-refractivity contribution in [3.05, 3.63) is 35.4 Å². The summed E-state index contributed by atoms with van der Waals surface area (Å²) in [6.07, 6.45) is 0.0254. The van der Waals surface area contributed by atoms with Crippen LogP contribution in [-0.4, -0.2) is 61.0 Å². The van der Waals surface area contributed by atoms with E-state index in [2.05, 4.69) is 15.5 Å². The molecule has 1 unspecified atom stereocenters. The lowest BCUT2D eigenvalue weighted by Gasteiger charge is -2.29. The number of rotatable bonds is 4. The molecule has 0 saturated carbocycles. The largest absolute Gasteiger partial charge is 0.390 e. The van der Waals surface area contributed by atoms with Gasteiger partial charge in [-0.2, -0.15) is 0 Å². The molecule has 3 N–H and O–H groups in total. The minimum atomic E-state index is -0.562. The third-order valence-corrected chi connectivity index (χ3v) is 4.50. The fourth-order valence-corrected chi connectivity index (χ4v) is 3.37. The highest BCUT2D eigenvalue weighted by molar-refractivity contribution is 5.75. The van der Waals surface area contributed by atoms with E-state index in [4.69, 9.17) is 4.74 Å². The minimum Gasteiger partial charge on any atom is -0.390 e. The van der Waals surface area contributed by atoms with Crippen LogP contribution in [0.15, 0.2) is 24.3 Å². The first-order valence-corrected chi connectivity index (χ1v) is 8.26. The Bertz CT molecular complexity index is 546. The average Bonchev–Trinajstić information content (AvgIpc) is 2.84. The van der Waals surface area contributed by atoms with E-state index in [1.54, 1.807) is 0 Å². The molecule has 126 valence electrons. The van der Waals surface area contributed by atoms with Crippen molar-refractivity contribution in [3.8, 4) is 0 Å². The van der Waals surface area contributed by atoms with Crippen molar-refractivity contribution >= 4 is 6.03 Å². The molecule has 2 amide bonds. The van der Waals surface area contributed by atoms with Crippen LogP contribution >= 0.6 is 0 Å². The molecule has 1 fully saturated rings. The summed E-state index contributed by atoms with van der Waals surface area (Å²) in [5, 5.41) is 16.1. The molecule has 1 aliphatic heterocycles. The zero-order valence-corrected chi connectivity index (χ0v) is 13.5. The molecule has 0 spiro atoms. The molecule has 6 nitrogen and oxygen atoms in total. The maximum atomic E-state index is 12.2. The summed E-state index contributed by atoms with van der Waals surface area (Å²) in [6.45, 7) is 6.12. The maximum Gasteiger partial charge on any atom is 0.315 e. The fraction of sp³-hybridized carbons (Fsp3) is 0.588. The van der Waals surface area contributed by atoms with Crippen molar-refractivity contribution in [3.63, 3.8) is 0 Å². The van der Waals surface area contributed by atoms with Crippen LogP contribution in [0.4, 0.5) is 4.79 Å². The molecule has 0 radical (unpaired) electrons. The molecule has 1 aromatic rings. The van der Waals surface area contributed by atoms with Gasteiger partial charge < -0.3 is 20.5 Å². The average molecular weight is 319 g/mol. The van der Waals surface area contributed by atoms with E-state index in [0.717, 1.165) is 44.0 Å². The number of benzene rings is 1. The van der Waals surface area contributed by atoms with Crippen molar-refractivity contribution in [1.82, 2.24) is 15.5 Å². The number of aliphatic hydroxyl groups excluding tert-OH is 1. The van der Waals surface area contributed by atoms with Crippen LogP contribution in [0.1, 0.15) is 24.1 Å². The van der Waals surface area contributed by atoms with Gasteiger partial charge in [-0.3, -0.25) is 4.90 Å². The van der Waals surface area contributed by atoms with Gasteiger partial charge in [0.1, 0.15) is 0 Å². The van der Waals surface area contributed by atoms with E-state index >= 15 is 0 Å². The standard InChI is InChI=1S/C17H25N3O3/c1-12(11-20-6-8-23-9-7-20)18-17(22)19-16-14-5-3-2-4-13(14)10-15(16)21/h2-5,12,15-16,21H,6-11H2,1H3,(H2,18,19,22)/t12?,15-,16+/m0/s1. The number of fused-ring (bicyclic) bond motifs is 1. The van der Waals surface area contributed by atoms with E-state index in [-0.39, 0.29) is 18.1 Å². The lowest BCUT2D eigenvalue weighted by Crippen LogP contribution is -2.49. The minimum absolute atomic E-state index is 0.0434. The molecular weight excluding hydrogens is 294 g/mol. The zero-order valence-electron chi connectivity index (χ0n) is 13.5. The molecule has 3 rings (SSSR count). The van der Waals surface area contributed by atoms with Gasteiger partial charge >= 0.3 is 6.03 Å². The van der Waals surface area contributed by atoms with E-state index < -0.39 is 6.10 Å². The Kier molecular flexibility index (Phi) is 5.15. The summed E-state index contributed by atoms with van der Waals surface area (Å²) < 4.78 is 5.33. The molecule has 1 heterocycles. The first kappa shape index (κ1) is 16.2. The number of nitrogens with zero attached hydrogens (tertiary/aromatic N) is 1. The third-order valence-electron chi connectivity index (χ3n) is 4.50. The normalized spacial score (nSPS) is 25.7. The number of ether oxygens (including phenoxy) is 1. The van der Waals surface area contributed by atoms with Crippen LogP contribution in [0.3, 0.4) is 0 Å². The van der Waals surface area contributed by atoms with Crippen molar-refractivity contribution < 1.29 is 14.6 Å². The number of carbonyl (C=O) groups is 1. The number of amides is 2. The number of nitrogens with one attached hydrogen (secondary N) is 2. The first-order valence-electron chi connectivity index (χ1n) is 8.26. The van der Waals surface area contributed by atoms with Crippen molar-refractivity contribution in [2.45, 2.75) is 31.5 Å². The Balaban J connectivity index is 1.51. The van der Waals surface area contributed by atoms with Gasteiger partial charge in [0, 0.05) is 32.1 Å². The highest BCUT2D eigenvalue weighted by Gasteiger charge is 2.32. The number of aliphatic hydroxyl groups is 1. The van der Waals surface area contributed by atoms with Gasteiger partial charge in [0.15, 0.2) is 0 Å². The second-order valence-corrected chi connectivity index (χ2v) is 6.38. The van der Waals surface area contributed by atoms with Gasteiger partial charge in [-0.1, -0.05) is 24.3 Å². The third kappa shape index (κ3) is 4.02. The Labute approximate surface area is 136 Å². The van der Waals surface area contributed by atoms with Crippen LogP contribution in [0.2, 0.25) is 0 Å². The first-order chi connectivity index (χ1) is 11.1. The number of urea groups is 1. The second-order valence-electron chi connectivity index (χ2n) is 6.38. The van der Waals surface area contributed by atoms with E-state index in [0.29, 0.717) is 6.42 Å². The van der Waals surface area contributed by atoms with Gasteiger partial charge in [-0.25, -0.2) is 4.79 Å². The number of morpholine rings is 1. The predicted molar refractivity (Wildman–Crippen MR) is 87.3 cm³/mol. The molecule has 1 aliphatic carbocycles. The van der Waals surface area contributed by atoms with Gasteiger partial charge in [0.25, 0.3) is 0 Å². The SMILES string of the molecule is CC(CN1CCOCC1)NC(=O)N[C@@H]1c2ccccc2C[C@@H]1O. The lowest BCUT2D eigenvalue weighted by molar-refractivity contribution is 0.0348. The Morgan fingerprint density at radius 1 is 1.39 bits per heavy atom. The van der Waals surface area contributed by atoms with Crippen molar-refractivity contribution in [2.24, 2.45) is 0 Å². The highest BCUT2D eigenvalue weighted by Crippen LogP contribution is 2.30. The highest BCUT2D eigenvalue weighted by atomic mass is 16.5. The molecule has 6 heteroatoms. The van der Waals surface area contributed by atoms with Crippen LogP contribution < -0.4 is 10.6 Å². The summed E-state index contributed by atoms with van der Waals surface area (Å²) in [5.74, 6) is 0. The number of hydrogen-bond acceptors (Lipinski definition) is 4. The predicted octanol–water partition coefficient (Wildman–Crippen LogP) is 0.665. The zero-order chi connectivity index (χ0) is 16.2. The molecule has 1 aromatic carbocycles. The molecule has 2 aliphatic rings. The van der Waals surface area contributed by atoms with Gasteiger partial charge in [0.05, 0.1) is 25.4 Å². The summed E-state index contributed by atoms with van der Waals surface area (Å²) in [7, 11) is 0. The monoisotopic (exact) mass is 319 g/mol.